The molecule has 0 amide bonds. The standard InChI is InChI=1S/C10H14N.2C10H7.Bi/c1-9(11(2)3)10-7-5-4-6-8-10;2*1-2-6-10-8-4-3-7-9(10)5-1;/h4-7,9H,1-3H3;2*1-7H;/t9-;;;/m1.../s1. The fourth-order valence-electron chi connectivity index (χ4n) is 4.52. The Bertz CT molecular complexity index is 1300. The van der Waals surface area contributed by atoms with Crippen LogP contribution in [0.3, 0.4) is 0 Å². The molecular weight excluding hydrogens is 583 g/mol. The van der Waals surface area contributed by atoms with Gasteiger partial charge in [-0.15, -0.1) is 0 Å². The Morgan fingerprint density at radius 3 is 1.53 bits per heavy atom. The van der Waals surface area contributed by atoms with E-state index in [0.717, 1.165) is 0 Å². The van der Waals surface area contributed by atoms with E-state index >= 15 is 0 Å². The average molecular weight is 612 g/mol. The van der Waals surface area contributed by atoms with Crippen molar-refractivity contribution in [2.24, 2.45) is 0 Å². The SMILES string of the molecule is C[C@H](c1cccc[c]1[Bi]([c]1cccc2ccccc12)[c]1cccc2ccccc12)N(C)C. The van der Waals surface area contributed by atoms with Crippen molar-refractivity contribution in [2.75, 3.05) is 14.1 Å². The van der Waals surface area contributed by atoms with Gasteiger partial charge in [-0.05, 0) is 0 Å². The molecule has 0 N–H and O–H groups in total. The van der Waals surface area contributed by atoms with Crippen LogP contribution in [0.4, 0.5) is 0 Å². The predicted octanol–water partition coefficient (Wildman–Crippen LogP) is 5.13. The summed E-state index contributed by atoms with van der Waals surface area (Å²) < 4.78 is 4.71. The van der Waals surface area contributed by atoms with Gasteiger partial charge in [-0.2, -0.15) is 0 Å². The van der Waals surface area contributed by atoms with E-state index in [1.54, 1.807) is 9.81 Å². The van der Waals surface area contributed by atoms with Crippen LogP contribution in [0.1, 0.15) is 18.5 Å². The third kappa shape index (κ3) is 3.87. The van der Waals surface area contributed by atoms with Gasteiger partial charge in [0.05, 0.1) is 0 Å². The van der Waals surface area contributed by atoms with Crippen LogP contribution < -0.4 is 9.81 Å². The van der Waals surface area contributed by atoms with E-state index in [1.807, 2.05) is 0 Å². The molecule has 5 rings (SSSR count). The van der Waals surface area contributed by atoms with E-state index in [-0.39, 0.29) is 0 Å². The molecule has 1 atom stereocenters. The van der Waals surface area contributed by atoms with Crippen molar-refractivity contribution < 1.29 is 0 Å². The summed E-state index contributed by atoms with van der Waals surface area (Å²) in [6.45, 7) is 2.33. The van der Waals surface area contributed by atoms with Crippen LogP contribution in [-0.2, 0) is 0 Å². The topological polar surface area (TPSA) is 3.24 Å². The number of hydrogen-bond acceptors (Lipinski definition) is 1. The zero-order valence-corrected chi connectivity index (χ0v) is 22.3. The Kier molecular flexibility index (Phi) is 6.09. The Morgan fingerprint density at radius 2 is 0.969 bits per heavy atom. The van der Waals surface area contributed by atoms with Crippen molar-refractivity contribution in [2.45, 2.75) is 13.0 Å². The number of rotatable bonds is 5. The summed E-state index contributed by atoms with van der Waals surface area (Å²) >= 11 is -2.67. The minimum atomic E-state index is -2.67. The molecule has 0 aliphatic rings. The number of fused-ring (bicyclic) bond motifs is 2. The molecule has 158 valence electrons. The number of benzene rings is 5. The van der Waals surface area contributed by atoms with Crippen LogP contribution in [-0.4, -0.2) is 40.7 Å². The van der Waals surface area contributed by atoms with Gasteiger partial charge in [-0.3, -0.25) is 0 Å². The number of nitrogens with zero attached hydrogens (tertiary/aromatic N) is 1. The first-order valence-electron chi connectivity index (χ1n) is 11.2. The summed E-state index contributed by atoms with van der Waals surface area (Å²) in [5.41, 5.74) is 1.47. The van der Waals surface area contributed by atoms with Gasteiger partial charge in [0.1, 0.15) is 0 Å². The second-order valence-electron chi connectivity index (χ2n) is 8.53. The molecule has 0 radical (unpaired) electrons. The van der Waals surface area contributed by atoms with Crippen LogP contribution >= 0.6 is 0 Å². The molecule has 5 aromatic carbocycles. The molecule has 5 aromatic rings. The average Bonchev–Trinajstić information content (AvgIpc) is 2.84. The molecule has 0 heterocycles. The summed E-state index contributed by atoms with van der Waals surface area (Å²) in [5, 5.41) is 5.49. The van der Waals surface area contributed by atoms with Crippen LogP contribution in [0.15, 0.2) is 109 Å². The number of hydrogen-bond donors (Lipinski definition) is 0. The molecule has 0 fully saturated rings. The Morgan fingerprint density at radius 1 is 0.531 bits per heavy atom. The maximum absolute atomic E-state index is 2.67. The van der Waals surface area contributed by atoms with E-state index in [0.29, 0.717) is 6.04 Å². The normalized spacial score (nSPS) is 12.7. The molecule has 0 aliphatic carbocycles. The first-order valence-corrected chi connectivity index (χ1v) is 16.4. The van der Waals surface area contributed by atoms with Gasteiger partial charge in [0.25, 0.3) is 0 Å². The van der Waals surface area contributed by atoms with Gasteiger partial charge < -0.3 is 0 Å². The van der Waals surface area contributed by atoms with Crippen LogP contribution in [0.2, 0.25) is 0 Å². The fourth-order valence-corrected chi connectivity index (χ4v) is 15.8. The molecule has 0 saturated carbocycles. The summed E-state index contributed by atoms with van der Waals surface area (Å²) in [5.74, 6) is 0. The van der Waals surface area contributed by atoms with Crippen molar-refractivity contribution >= 4 is 53.1 Å². The Hall–Kier alpha value is -2.54. The van der Waals surface area contributed by atoms with Gasteiger partial charge in [0, 0.05) is 0 Å². The van der Waals surface area contributed by atoms with E-state index < -0.39 is 21.8 Å². The molecule has 0 aromatic heterocycles. The zero-order chi connectivity index (χ0) is 22.1. The molecule has 0 saturated heterocycles. The van der Waals surface area contributed by atoms with Gasteiger partial charge >= 0.3 is 200 Å². The van der Waals surface area contributed by atoms with Gasteiger partial charge in [0.2, 0.25) is 0 Å². The fraction of sp³-hybridized carbons (Fsp3) is 0.133. The van der Waals surface area contributed by atoms with Gasteiger partial charge in [-0.25, -0.2) is 0 Å². The molecule has 2 heteroatoms. The van der Waals surface area contributed by atoms with Crippen LogP contribution in [0.25, 0.3) is 21.5 Å². The molecular formula is C30H28BiN. The summed E-state index contributed by atoms with van der Waals surface area (Å²) in [6.07, 6.45) is 0. The van der Waals surface area contributed by atoms with Gasteiger partial charge in [-0.1, -0.05) is 0 Å². The molecule has 0 aliphatic heterocycles. The summed E-state index contributed by atoms with van der Waals surface area (Å²) in [6, 6.07) is 41.2. The van der Waals surface area contributed by atoms with E-state index in [1.165, 1.54) is 27.1 Å². The molecule has 32 heavy (non-hydrogen) atoms. The van der Waals surface area contributed by atoms with Crippen molar-refractivity contribution in [3.8, 4) is 0 Å². The second-order valence-corrected chi connectivity index (χ2v) is 16.8. The first-order chi connectivity index (χ1) is 15.6. The monoisotopic (exact) mass is 611 g/mol. The van der Waals surface area contributed by atoms with Crippen molar-refractivity contribution in [3.63, 3.8) is 0 Å². The van der Waals surface area contributed by atoms with Gasteiger partial charge in [0.15, 0.2) is 0 Å². The summed E-state index contributed by atoms with van der Waals surface area (Å²) in [7, 11) is 4.36. The third-order valence-electron chi connectivity index (χ3n) is 6.42. The van der Waals surface area contributed by atoms with Crippen LogP contribution in [0, 0.1) is 0 Å². The molecule has 0 unspecified atom stereocenters. The predicted molar refractivity (Wildman–Crippen MR) is 141 cm³/mol. The van der Waals surface area contributed by atoms with E-state index in [2.05, 4.69) is 135 Å². The molecule has 1 nitrogen and oxygen atoms in total. The quantitative estimate of drug-likeness (QED) is 0.249. The van der Waals surface area contributed by atoms with E-state index in [9.17, 15) is 0 Å². The van der Waals surface area contributed by atoms with E-state index in [4.69, 9.17) is 0 Å². The Balaban J connectivity index is 1.86. The maximum atomic E-state index is 2.41. The minimum absolute atomic E-state index is 0.369. The van der Waals surface area contributed by atoms with Crippen LogP contribution in [0.5, 0.6) is 0 Å². The molecule has 0 spiro atoms. The van der Waals surface area contributed by atoms with Crippen molar-refractivity contribution in [3.05, 3.63) is 115 Å². The molecule has 0 bridgehead atoms. The third-order valence-corrected chi connectivity index (χ3v) is 16.7. The van der Waals surface area contributed by atoms with Crippen molar-refractivity contribution in [1.82, 2.24) is 4.90 Å². The summed E-state index contributed by atoms with van der Waals surface area (Å²) in [4.78, 5) is 2.33. The second kappa shape index (κ2) is 9.14. The van der Waals surface area contributed by atoms with Crippen molar-refractivity contribution in [1.29, 1.82) is 0 Å². The zero-order valence-electron chi connectivity index (χ0n) is 18.9. The Labute approximate surface area is 199 Å². The first kappa shape index (κ1) is 21.3.